The number of carbonyl (C=O) groups excluding carboxylic acids is 1. The van der Waals surface area contributed by atoms with E-state index in [0.29, 0.717) is 10.2 Å². The largest absolute Gasteiger partial charge is 0.372 e. The van der Waals surface area contributed by atoms with Crippen molar-refractivity contribution in [3.63, 3.8) is 0 Å². The third-order valence-electron chi connectivity index (χ3n) is 4.02. The molecule has 1 N–H and O–H groups in total. The summed E-state index contributed by atoms with van der Waals surface area (Å²) in [6.45, 7) is 2.16. The van der Waals surface area contributed by atoms with Crippen LogP contribution in [0.25, 0.3) is 0 Å². The van der Waals surface area contributed by atoms with Gasteiger partial charge in [-0.3, -0.25) is 4.79 Å². The van der Waals surface area contributed by atoms with Crippen molar-refractivity contribution in [3.05, 3.63) is 58.3 Å². The first kappa shape index (κ1) is 16.0. The summed E-state index contributed by atoms with van der Waals surface area (Å²) in [6.07, 6.45) is 3.74. The SMILES string of the molecule is O=C(Nc1ccc(N2CCCCC2)cc1)c1cc(Br)ccc1F. The minimum Gasteiger partial charge on any atom is -0.372 e. The second-order valence-electron chi connectivity index (χ2n) is 5.67. The van der Waals surface area contributed by atoms with Crippen LogP contribution in [0.2, 0.25) is 0 Å². The Bertz CT molecular complexity index is 697. The molecular weight excluding hydrogens is 359 g/mol. The fraction of sp³-hybridized carbons (Fsp3) is 0.278. The van der Waals surface area contributed by atoms with Gasteiger partial charge in [-0.1, -0.05) is 15.9 Å². The number of halogens is 2. The Morgan fingerprint density at radius 3 is 2.43 bits per heavy atom. The van der Waals surface area contributed by atoms with E-state index in [1.165, 1.54) is 31.4 Å². The Kier molecular flexibility index (Phi) is 4.96. The van der Waals surface area contributed by atoms with E-state index in [-0.39, 0.29) is 5.56 Å². The Balaban J connectivity index is 1.70. The van der Waals surface area contributed by atoms with Crippen molar-refractivity contribution in [3.8, 4) is 0 Å². The standard InChI is InChI=1S/C18H18BrFN2O/c19-13-4-9-17(20)16(12-13)18(23)21-14-5-7-15(8-6-14)22-10-2-1-3-11-22/h4-9,12H,1-3,10-11H2,(H,21,23). The molecule has 5 heteroatoms. The summed E-state index contributed by atoms with van der Waals surface area (Å²) < 4.78 is 14.4. The van der Waals surface area contributed by atoms with Crippen molar-refractivity contribution in [1.82, 2.24) is 0 Å². The lowest BCUT2D eigenvalue weighted by Crippen LogP contribution is -2.29. The van der Waals surface area contributed by atoms with Gasteiger partial charge in [0.15, 0.2) is 0 Å². The number of amides is 1. The topological polar surface area (TPSA) is 32.3 Å². The predicted molar refractivity (Wildman–Crippen MR) is 94.6 cm³/mol. The first-order valence-corrected chi connectivity index (χ1v) is 8.54. The normalized spacial score (nSPS) is 14.6. The molecule has 3 nitrogen and oxygen atoms in total. The van der Waals surface area contributed by atoms with Crippen LogP contribution in [-0.2, 0) is 0 Å². The number of nitrogens with one attached hydrogen (secondary N) is 1. The maximum Gasteiger partial charge on any atom is 0.258 e. The number of carbonyl (C=O) groups is 1. The predicted octanol–water partition coefficient (Wildman–Crippen LogP) is 4.83. The molecule has 0 aliphatic carbocycles. The van der Waals surface area contributed by atoms with Gasteiger partial charge < -0.3 is 10.2 Å². The molecule has 1 heterocycles. The van der Waals surface area contributed by atoms with Gasteiger partial charge in [0.2, 0.25) is 0 Å². The Labute approximate surface area is 143 Å². The number of nitrogens with zero attached hydrogens (tertiary/aromatic N) is 1. The zero-order chi connectivity index (χ0) is 16.2. The number of benzene rings is 2. The summed E-state index contributed by atoms with van der Waals surface area (Å²) in [5.41, 5.74) is 1.85. The lowest BCUT2D eigenvalue weighted by atomic mass is 10.1. The summed E-state index contributed by atoms with van der Waals surface area (Å²) in [5.74, 6) is -0.981. The molecule has 0 radical (unpaired) electrons. The molecule has 0 saturated carbocycles. The van der Waals surface area contributed by atoms with Crippen LogP contribution in [0.1, 0.15) is 29.6 Å². The highest BCUT2D eigenvalue weighted by molar-refractivity contribution is 9.10. The Morgan fingerprint density at radius 1 is 1.04 bits per heavy atom. The molecular formula is C18H18BrFN2O. The number of anilines is 2. The Hall–Kier alpha value is -1.88. The van der Waals surface area contributed by atoms with E-state index >= 15 is 0 Å². The second kappa shape index (κ2) is 7.13. The van der Waals surface area contributed by atoms with Crippen LogP contribution in [0.3, 0.4) is 0 Å². The molecule has 0 aromatic heterocycles. The van der Waals surface area contributed by atoms with Crippen molar-refractivity contribution >= 4 is 33.2 Å². The Morgan fingerprint density at radius 2 is 1.74 bits per heavy atom. The molecule has 2 aromatic rings. The van der Waals surface area contributed by atoms with Crippen LogP contribution in [0.15, 0.2) is 46.9 Å². The molecule has 1 fully saturated rings. The molecule has 0 unspecified atom stereocenters. The van der Waals surface area contributed by atoms with Gasteiger partial charge in [0, 0.05) is 28.9 Å². The molecule has 1 aliphatic heterocycles. The molecule has 0 atom stereocenters. The van der Waals surface area contributed by atoms with Crippen LogP contribution in [0, 0.1) is 5.82 Å². The zero-order valence-electron chi connectivity index (χ0n) is 12.7. The van der Waals surface area contributed by atoms with E-state index in [1.54, 1.807) is 6.07 Å². The van der Waals surface area contributed by atoms with E-state index in [9.17, 15) is 9.18 Å². The summed E-state index contributed by atoms with van der Waals surface area (Å²) in [4.78, 5) is 14.5. The molecule has 1 saturated heterocycles. The van der Waals surface area contributed by atoms with Gasteiger partial charge in [-0.15, -0.1) is 0 Å². The van der Waals surface area contributed by atoms with Gasteiger partial charge in [0.1, 0.15) is 5.82 Å². The van der Waals surface area contributed by atoms with Crippen molar-refractivity contribution in [1.29, 1.82) is 0 Å². The summed E-state index contributed by atoms with van der Waals surface area (Å²) >= 11 is 3.25. The average molecular weight is 377 g/mol. The summed E-state index contributed by atoms with van der Waals surface area (Å²) in [7, 11) is 0. The highest BCUT2D eigenvalue weighted by atomic mass is 79.9. The minimum absolute atomic E-state index is 0.0273. The number of hydrogen-bond acceptors (Lipinski definition) is 2. The maximum atomic E-state index is 13.7. The molecule has 23 heavy (non-hydrogen) atoms. The summed E-state index contributed by atoms with van der Waals surface area (Å²) in [5, 5.41) is 2.74. The van der Waals surface area contributed by atoms with E-state index in [1.807, 2.05) is 24.3 Å². The van der Waals surface area contributed by atoms with Crippen LogP contribution in [0.4, 0.5) is 15.8 Å². The molecule has 0 bridgehead atoms. The highest BCUT2D eigenvalue weighted by Crippen LogP contribution is 2.23. The molecule has 1 aliphatic rings. The average Bonchev–Trinajstić information content (AvgIpc) is 2.58. The zero-order valence-corrected chi connectivity index (χ0v) is 14.3. The maximum absolute atomic E-state index is 13.7. The number of hydrogen-bond donors (Lipinski definition) is 1. The van der Waals surface area contributed by atoms with Crippen molar-refractivity contribution in [2.45, 2.75) is 19.3 Å². The highest BCUT2D eigenvalue weighted by Gasteiger charge is 2.14. The van der Waals surface area contributed by atoms with Gasteiger partial charge in [-0.2, -0.15) is 0 Å². The van der Waals surface area contributed by atoms with Gasteiger partial charge >= 0.3 is 0 Å². The third-order valence-corrected chi connectivity index (χ3v) is 4.51. The van der Waals surface area contributed by atoms with E-state index in [4.69, 9.17) is 0 Å². The molecule has 2 aromatic carbocycles. The van der Waals surface area contributed by atoms with Crippen LogP contribution in [0.5, 0.6) is 0 Å². The number of rotatable bonds is 3. The lowest BCUT2D eigenvalue weighted by molar-refractivity contribution is 0.102. The van der Waals surface area contributed by atoms with Gasteiger partial charge in [0.05, 0.1) is 5.56 Å². The van der Waals surface area contributed by atoms with E-state index in [2.05, 4.69) is 26.1 Å². The van der Waals surface area contributed by atoms with Crippen molar-refractivity contribution < 1.29 is 9.18 Å². The molecule has 0 spiro atoms. The minimum atomic E-state index is -0.532. The van der Waals surface area contributed by atoms with Crippen LogP contribution in [-0.4, -0.2) is 19.0 Å². The first-order chi connectivity index (χ1) is 11.1. The monoisotopic (exact) mass is 376 g/mol. The third kappa shape index (κ3) is 3.91. The van der Waals surface area contributed by atoms with E-state index in [0.717, 1.165) is 18.8 Å². The number of piperidine rings is 1. The summed E-state index contributed by atoms with van der Waals surface area (Å²) in [6, 6.07) is 12.0. The van der Waals surface area contributed by atoms with Gasteiger partial charge in [0.25, 0.3) is 5.91 Å². The van der Waals surface area contributed by atoms with E-state index < -0.39 is 11.7 Å². The smallest absolute Gasteiger partial charge is 0.258 e. The molecule has 1 amide bonds. The quantitative estimate of drug-likeness (QED) is 0.831. The van der Waals surface area contributed by atoms with Crippen LogP contribution < -0.4 is 10.2 Å². The van der Waals surface area contributed by atoms with Gasteiger partial charge in [-0.05, 0) is 61.7 Å². The fourth-order valence-corrected chi connectivity index (χ4v) is 3.14. The fourth-order valence-electron chi connectivity index (χ4n) is 2.78. The van der Waals surface area contributed by atoms with Gasteiger partial charge in [-0.25, -0.2) is 4.39 Å². The molecule has 120 valence electrons. The first-order valence-electron chi connectivity index (χ1n) is 7.75. The second-order valence-corrected chi connectivity index (χ2v) is 6.59. The van der Waals surface area contributed by atoms with Crippen molar-refractivity contribution in [2.75, 3.05) is 23.3 Å². The molecule has 3 rings (SSSR count). The van der Waals surface area contributed by atoms with Crippen molar-refractivity contribution in [2.24, 2.45) is 0 Å². The lowest BCUT2D eigenvalue weighted by Gasteiger charge is -2.28. The van der Waals surface area contributed by atoms with Crippen LogP contribution >= 0.6 is 15.9 Å².